The lowest BCUT2D eigenvalue weighted by molar-refractivity contribution is 0.463. The Balaban J connectivity index is 2.38. The Labute approximate surface area is 130 Å². The van der Waals surface area contributed by atoms with E-state index in [0.717, 1.165) is 17.2 Å². The van der Waals surface area contributed by atoms with Crippen LogP contribution in [0.3, 0.4) is 0 Å². The molecule has 0 aliphatic heterocycles. The summed E-state index contributed by atoms with van der Waals surface area (Å²) in [4.78, 5) is 0.0505. The summed E-state index contributed by atoms with van der Waals surface area (Å²) in [6.45, 7) is 3.74. The van der Waals surface area contributed by atoms with Crippen LogP contribution in [0.15, 0.2) is 59.5 Å². The summed E-state index contributed by atoms with van der Waals surface area (Å²) in [5, 5.41) is 8.87. The molecule has 0 unspecified atom stereocenters. The monoisotopic (exact) mass is 313 g/mol. The van der Waals surface area contributed by atoms with Crippen LogP contribution in [-0.2, 0) is 14.3 Å². The summed E-state index contributed by atoms with van der Waals surface area (Å²) >= 11 is 0. The highest BCUT2D eigenvalue weighted by atomic mass is 32.2. The average molecular weight is 313 g/mol. The maximum atomic E-state index is 12.3. The molecule has 2 rings (SSSR count). The van der Waals surface area contributed by atoms with Gasteiger partial charge < -0.3 is 4.18 Å². The lowest BCUT2D eigenvalue weighted by Crippen LogP contribution is -2.06. The molecule has 112 valence electrons. The van der Waals surface area contributed by atoms with Gasteiger partial charge in [0.25, 0.3) is 0 Å². The summed E-state index contributed by atoms with van der Waals surface area (Å²) in [5.74, 6) is 0.00627. The molecule has 0 saturated heterocycles. The molecule has 0 aliphatic rings. The van der Waals surface area contributed by atoms with Gasteiger partial charge in [0.05, 0.1) is 12.1 Å². The van der Waals surface area contributed by atoms with E-state index in [1.54, 1.807) is 30.3 Å². The Hall–Kier alpha value is -2.58. The van der Waals surface area contributed by atoms with Crippen LogP contribution in [0.2, 0.25) is 0 Å². The molecule has 0 N–H and O–H groups in total. The molecule has 5 heteroatoms. The molecule has 0 saturated carbocycles. The van der Waals surface area contributed by atoms with E-state index in [1.165, 1.54) is 12.1 Å². The number of benzene rings is 2. The lowest BCUT2D eigenvalue weighted by atomic mass is 10.1. The van der Waals surface area contributed by atoms with Crippen LogP contribution in [0.4, 0.5) is 0 Å². The lowest BCUT2D eigenvalue weighted by Gasteiger charge is -2.10. The zero-order valence-corrected chi connectivity index (χ0v) is 13.1. The molecule has 0 amide bonds. The normalized spacial score (nSPS) is 11.8. The van der Waals surface area contributed by atoms with Gasteiger partial charge in [0.1, 0.15) is 4.90 Å². The highest BCUT2D eigenvalue weighted by Gasteiger charge is 2.19. The Kier molecular flexibility index (Phi) is 4.64. The zero-order chi connectivity index (χ0) is 16.2. The zero-order valence-electron chi connectivity index (χ0n) is 12.3. The van der Waals surface area contributed by atoms with Crippen molar-refractivity contribution >= 4 is 15.9 Å². The van der Waals surface area contributed by atoms with Crippen molar-refractivity contribution in [2.45, 2.75) is 18.7 Å². The van der Waals surface area contributed by atoms with Gasteiger partial charge in [0.15, 0.2) is 5.76 Å². The second kappa shape index (κ2) is 6.46. The molecule has 0 bridgehead atoms. The Morgan fingerprint density at radius 3 is 2.36 bits per heavy atom. The van der Waals surface area contributed by atoms with E-state index in [4.69, 9.17) is 9.44 Å². The second-order valence-electron chi connectivity index (χ2n) is 4.86. The minimum atomic E-state index is -3.98. The first-order valence-corrected chi connectivity index (χ1v) is 8.01. The van der Waals surface area contributed by atoms with Crippen LogP contribution in [0.25, 0.3) is 5.76 Å². The molecule has 0 aliphatic carbocycles. The van der Waals surface area contributed by atoms with Crippen LogP contribution in [0, 0.1) is 25.2 Å². The first-order chi connectivity index (χ1) is 10.4. The fourth-order valence-corrected chi connectivity index (χ4v) is 2.83. The van der Waals surface area contributed by atoms with Crippen molar-refractivity contribution in [1.82, 2.24) is 0 Å². The van der Waals surface area contributed by atoms with Gasteiger partial charge in [-0.15, -0.1) is 0 Å². The Morgan fingerprint density at radius 2 is 1.77 bits per heavy atom. The minimum Gasteiger partial charge on any atom is -0.378 e. The van der Waals surface area contributed by atoms with Gasteiger partial charge in [0, 0.05) is 5.56 Å². The number of nitriles is 1. The number of hydrogen-bond acceptors (Lipinski definition) is 4. The van der Waals surface area contributed by atoms with Crippen LogP contribution >= 0.6 is 0 Å². The third-order valence-corrected chi connectivity index (χ3v) is 4.26. The van der Waals surface area contributed by atoms with Gasteiger partial charge >= 0.3 is 10.1 Å². The predicted molar refractivity (Wildman–Crippen MR) is 84.2 cm³/mol. The molecule has 2 aromatic rings. The van der Waals surface area contributed by atoms with Crippen molar-refractivity contribution in [3.63, 3.8) is 0 Å². The fourth-order valence-electron chi connectivity index (χ4n) is 1.88. The number of aryl methyl sites for hydroxylation is 2. The van der Waals surface area contributed by atoms with Gasteiger partial charge in [-0.25, -0.2) is 0 Å². The molecule has 22 heavy (non-hydrogen) atoms. The SMILES string of the molecule is Cc1ccc(S(=O)(=O)O/C(=C/C#N)c2cccc(C)c2)cc1. The number of nitrogens with zero attached hydrogens (tertiary/aromatic N) is 1. The number of allylic oxidation sites excluding steroid dienone is 1. The van der Waals surface area contributed by atoms with E-state index in [9.17, 15) is 8.42 Å². The molecule has 2 aromatic carbocycles. The standard InChI is InChI=1S/C17H15NO3S/c1-13-6-8-16(9-7-13)22(19,20)21-17(10-11-18)15-5-3-4-14(2)12-15/h3-10,12H,1-2H3/b17-10+. The van der Waals surface area contributed by atoms with Gasteiger partial charge in [-0.05, 0) is 32.0 Å². The second-order valence-corrected chi connectivity index (χ2v) is 6.40. The van der Waals surface area contributed by atoms with E-state index in [1.807, 2.05) is 26.0 Å². The topological polar surface area (TPSA) is 67.2 Å². The fraction of sp³-hybridized carbons (Fsp3) is 0.118. The van der Waals surface area contributed by atoms with E-state index in [2.05, 4.69) is 0 Å². The third-order valence-electron chi connectivity index (χ3n) is 3.01. The molecular formula is C17H15NO3S. The summed E-state index contributed by atoms with van der Waals surface area (Å²) < 4.78 is 29.8. The Bertz CT molecular complexity index is 844. The number of hydrogen-bond donors (Lipinski definition) is 0. The maximum Gasteiger partial charge on any atom is 0.339 e. The first kappa shape index (κ1) is 15.8. The molecule has 0 fully saturated rings. The van der Waals surface area contributed by atoms with E-state index in [0.29, 0.717) is 5.56 Å². The van der Waals surface area contributed by atoms with Crippen molar-refractivity contribution < 1.29 is 12.6 Å². The molecular weight excluding hydrogens is 298 g/mol. The quantitative estimate of drug-likeness (QED) is 0.491. The van der Waals surface area contributed by atoms with Crippen molar-refractivity contribution in [3.8, 4) is 6.07 Å². The van der Waals surface area contributed by atoms with Crippen molar-refractivity contribution in [2.24, 2.45) is 0 Å². The van der Waals surface area contributed by atoms with Gasteiger partial charge in [-0.3, -0.25) is 0 Å². The average Bonchev–Trinajstić information content (AvgIpc) is 2.47. The maximum absolute atomic E-state index is 12.3. The number of rotatable bonds is 4. The largest absolute Gasteiger partial charge is 0.378 e. The summed E-state index contributed by atoms with van der Waals surface area (Å²) in [5.41, 5.74) is 2.43. The molecule has 0 spiro atoms. The van der Waals surface area contributed by atoms with E-state index in [-0.39, 0.29) is 10.7 Å². The molecule has 4 nitrogen and oxygen atoms in total. The summed E-state index contributed by atoms with van der Waals surface area (Å²) in [7, 11) is -3.98. The minimum absolute atomic E-state index is 0.00627. The van der Waals surface area contributed by atoms with Gasteiger partial charge in [0.2, 0.25) is 0 Å². The van der Waals surface area contributed by atoms with Crippen LogP contribution in [-0.4, -0.2) is 8.42 Å². The summed E-state index contributed by atoms with van der Waals surface area (Å²) in [6.07, 6.45) is 1.08. The van der Waals surface area contributed by atoms with E-state index >= 15 is 0 Å². The van der Waals surface area contributed by atoms with Crippen LogP contribution < -0.4 is 0 Å². The molecule has 0 aromatic heterocycles. The van der Waals surface area contributed by atoms with Gasteiger partial charge in [-0.1, -0.05) is 41.5 Å². The highest BCUT2D eigenvalue weighted by Crippen LogP contribution is 2.23. The van der Waals surface area contributed by atoms with E-state index < -0.39 is 10.1 Å². The van der Waals surface area contributed by atoms with Crippen molar-refractivity contribution in [2.75, 3.05) is 0 Å². The van der Waals surface area contributed by atoms with Crippen LogP contribution in [0.5, 0.6) is 0 Å². The molecule has 0 heterocycles. The predicted octanol–water partition coefficient (Wildman–Crippen LogP) is 3.57. The van der Waals surface area contributed by atoms with Crippen molar-refractivity contribution in [1.29, 1.82) is 5.26 Å². The Morgan fingerprint density at radius 1 is 1.09 bits per heavy atom. The van der Waals surface area contributed by atoms with Gasteiger partial charge in [-0.2, -0.15) is 13.7 Å². The smallest absolute Gasteiger partial charge is 0.339 e. The molecule has 0 atom stereocenters. The third kappa shape index (κ3) is 3.74. The summed E-state index contributed by atoms with van der Waals surface area (Å²) in [6, 6.07) is 15.3. The van der Waals surface area contributed by atoms with Crippen molar-refractivity contribution in [3.05, 3.63) is 71.3 Å². The highest BCUT2D eigenvalue weighted by molar-refractivity contribution is 7.87. The first-order valence-electron chi connectivity index (χ1n) is 6.60. The van der Waals surface area contributed by atoms with Crippen LogP contribution in [0.1, 0.15) is 16.7 Å². The molecule has 0 radical (unpaired) electrons.